The van der Waals surface area contributed by atoms with E-state index < -0.39 is 0 Å². The fraction of sp³-hybridized carbons (Fsp3) is 0.929. The third kappa shape index (κ3) is 4.99. The standard InChI is InChI=1S/C14H28N4O/c1-14(2)11-18(8-9-19-14)7-6-16-13(15)17-10-12-4-3-5-12/h12H,3-11H2,1-2H3,(H3,15,16,17). The second-order valence-electron chi connectivity index (χ2n) is 6.33. The molecular weight excluding hydrogens is 240 g/mol. The predicted octanol–water partition coefficient (Wildman–Crippen LogP) is 0.802. The van der Waals surface area contributed by atoms with Crippen molar-refractivity contribution >= 4 is 5.96 Å². The fourth-order valence-corrected chi connectivity index (χ4v) is 2.61. The van der Waals surface area contributed by atoms with Crippen molar-refractivity contribution in [3.05, 3.63) is 0 Å². The Labute approximate surface area is 116 Å². The number of hydrogen-bond donors (Lipinski definition) is 2. The van der Waals surface area contributed by atoms with Crippen molar-refractivity contribution in [1.29, 1.82) is 0 Å². The average Bonchev–Trinajstić information content (AvgIpc) is 2.25. The molecule has 1 aliphatic heterocycles. The first-order chi connectivity index (χ1) is 9.05. The van der Waals surface area contributed by atoms with Crippen LogP contribution in [-0.2, 0) is 4.74 Å². The minimum absolute atomic E-state index is 0.0257. The fourth-order valence-electron chi connectivity index (χ4n) is 2.61. The van der Waals surface area contributed by atoms with Gasteiger partial charge in [-0.05, 0) is 32.6 Å². The quantitative estimate of drug-likeness (QED) is 0.572. The summed E-state index contributed by atoms with van der Waals surface area (Å²) in [7, 11) is 0. The van der Waals surface area contributed by atoms with Crippen molar-refractivity contribution in [2.45, 2.75) is 38.7 Å². The molecule has 0 spiro atoms. The van der Waals surface area contributed by atoms with Gasteiger partial charge in [-0.25, -0.2) is 0 Å². The Morgan fingerprint density at radius 3 is 2.89 bits per heavy atom. The number of morpholine rings is 1. The van der Waals surface area contributed by atoms with Crippen LogP contribution in [0.25, 0.3) is 0 Å². The van der Waals surface area contributed by atoms with Gasteiger partial charge in [-0.3, -0.25) is 9.89 Å². The first kappa shape index (κ1) is 14.6. The highest BCUT2D eigenvalue weighted by Crippen LogP contribution is 2.26. The summed E-state index contributed by atoms with van der Waals surface area (Å²) in [5.74, 6) is 1.37. The van der Waals surface area contributed by atoms with E-state index in [-0.39, 0.29) is 5.60 Å². The van der Waals surface area contributed by atoms with Crippen LogP contribution in [0.3, 0.4) is 0 Å². The highest BCUT2D eigenvalue weighted by Gasteiger charge is 2.26. The van der Waals surface area contributed by atoms with E-state index in [2.05, 4.69) is 29.1 Å². The normalized spacial score (nSPS) is 25.1. The van der Waals surface area contributed by atoms with Gasteiger partial charge in [0.25, 0.3) is 0 Å². The Morgan fingerprint density at radius 1 is 1.47 bits per heavy atom. The maximum absolute atomic E-state index is 5.87. The van der Waals surface area contributed by atoms with Gasteiger partial charge in [-0.1, -0.05) is 6.42 Å². The van der Waals surface area contributed by atoms with Crippen LogP contribution in [0, 0.1) is 5.92 Å². The van der Waals surface area contributed by atoms with Crippen LogP contribution < -0.4 is 11.1 Å². The molecule has 1 heterocycles. The Hall–Kier alpha value is -0.810. The topological polar surface area (TPSA) is 62.9 Å². The van der Waals surface area contributed by atoms with Crippen LogP contribution in [0.5, 0.6) is 0 Å². The molecule has 2 fully saturated rings. The smallest absolute Gasteiger partial charge is 0.188 e. The monoisotopic (exact) mass is 268 g/mol. The maximum atomic E-state index is 5.87. The van der Waals surface area contributed by atoms with Gasteiger partial charge in [0.15, 0.2) is 5.96 Å². The number of rotatable bonds is 5. The highest BCUT2D eigenvalue weighted by atomic mass is 16.5. The zero-order valence-corrected chi connectivity index (χ0v) is 12.3. The van der Waals surface area contributed by atoms with E-state index in [1.165, 1.54) is 19.3 Å². The van der Waals surface area contributed by atoms with Gasteiger partial charge in [0.2, 0.25) is 0 Å². The van der Waals surface area contributed by atoms with E-state index in [1.807, 2.05) is 0 Å². The molecule has 2 aliphatic rings. The summed E-state index contributed by atoms with van der Waals surface area (Å²) in [4.78, 5) is 6.81. The first-order valence-corrected chi connectivity index (χ1v) is 7.45. The second kappa shape index (κ2) is 6.57. The summed E-state index contributed by atoms with van der Waals surface area (Å²) in [5, 5.41) is 3.21. The molecule has 0 aromatic carbocycles. The lowest BCUT2D eigenvalue weighted by Gasteiger charge is -2.38. The molecule has 2 rings (SSSR count). The Kier molecular flexibility index (Phi) is 5.05. The summed E-state index contributed by atoms with van der Waals surface area (Å²) in [6, 6.07) is 0. The summed E-state index contributed by atoms with van der Waals surface area (Å²) >= 11 is 0. The molecule has 0 aromatic rings. The number of guanidine groups is 1. The van der Waals surface area contributed by atoms with Crippen LogP contribution in [0.4, 0.5) is 0 Å². The molecule has 0 radical (unpaired) electrons. The first-order valence-electron chi connectivity index (χ1n) is 7.45. The van der Waals surface area contributed by atoms with E-state index in [4.69, 9.17) is 10.5 Å². The van der Waals surface area contributed by atoms with E-state index >= 15 is 0 Å². The van der Waals surface area contributed by atoms with Crippen molar-refractivity contribution in [3.63, 3.8) is 0 Å². The van der Waals surface area contributed by atoms with E-state index in [1.54, 1.807) is 0 Å². The van der Waals surface area contributed by atoms with E-state index in [0.29, 0.717) is 5.96 Å². The van der Waals surface area contributed by atoms with Gasteiger partial charge in [-0.2, -0.15) is 0 Å². The molecule has 110 valence electrons. The molecule has 3 N–H and O–H groups in total. The molecule has 5 nitrogen and oxygen atoms in total. The van der Waals surface area contributed by atoms with Gasteiger partial charge in [-0.15, -0.1) is 0 Å². The second-order valence-corrected chi connectivity index (χ2v) is 6.33. The number of nitrogens with two attached hydrogens (primary N) is 1. The highest BCUT2D eigenvalue weighted by molar-refractivity contribution is 5.77. The SMILES string of the molecule is CC1(C)CN(CCNC(N)=NCC2CCC2)CCO1. The summed E-state index contributed by atoms with van der Waals surface area (Å²) in [6.45, 7) is 9.82. The Balaban J connectivity index is 1.59. The minimum atomic E-state index is -0.0257. The van der Waals surface area contributed by atoms with Crippen molar-refractivity contribution in [2.24, 2.45) is 16.6 Å². The molecule has 5 heteroatoms. The third-order valence-corrected chi connectivity index (χ3v) is 3.98. The number of ether oxygens (including phenoxy) is 1. The van der Waals surface area contributed by atoms with Crippen LogP contribution in [0.1, 0.15) is 33.1 Å². The van der Waals surface area contributed by atoms with Crippen LogP contribution in [-0.4, -0.2) is 55.8 Å². The van der Waals surface area contributed by atoms with Gasteiger partial charge >= 0.3 is 0 Å². The number of aliphatic imine (C=N–C) groups is 1. The number of nitrogens with one attached hydrogen (secondary N) is 1. The molecular formula is C14H28N4O. The van der Waals surface area contributed by atoms with Crippen LogP contribution in [0.2, 0.25) is 0 Å². The molecule has 0 unspecified atom stereocenters. The lowest BCUT2D eigenvalue weighted by Crippen LogP contribution is -2.50. The average molecular weight is 268 g/mol. The Bertz CT molecular complexity index is 313. The van der Waals surface area contributed by atoms with Crippen molar-refractivity contribution in [2.75, 3.05) is 39.3 Å². The zero-order valence-electron chi connectivity index (χ0n) is 12.3. The van der Waals surface area contributed by atoms with Crippen molar-refractivity contribution in [1.82, 2.24) is 10.2 Å². The predicted molar refractivity (Wildman–Crippen MR) is 78.3 cm³/mol. The third-order valence-electron chi connectivity index (χ3n) is 3.98. The Morgan fingerprint density at radius 2 is 2.26 bits per heavy atom. The lowest BCUT2D eigenvalue weighted by molar-refractivity contribution is -0.0852. The lowest BCUT2D eigenvalue weighted by atomic mass is 9.86. The summed E-state index contributed by atoms with van der Waals surface area (Å²) in [5.41, 5.74) is 5.84. The molecule has 0 bridgehead atoms. The van der Waals surface area contributed by atoms with Gasteiger partial charge < -0.3 is 15.8 Å². The summed E-state index contributed by atoms with van der Waals surface area (Å²) < 4.78 is 5.70. The zero-order chi connectivity index (χ0) is 13.7. The van der Waals surface area contributed by atoms with Gasteiger partial charge in [0.05, 0.1) is 12.2 Å². The minimum Gasteiger partial charge on any atom is -0.373 e. The molecule has 0 amide bonds. The van der Waals surface area contributed by atoms with Crippen molar-refractivity contribution in [3.8, 4) is 0 Å². The number of nitrogens with zero attached hydrogens (tertiary/aromatic N) is 2. The van der Waals surface area contributed by atoms with Gasteiger partial charge in [0, 0.05) is 32.7 Å². The van der Waals surface area contributed by atoms with Crippen LogP contribution in [0.15, 0.2) is 4.99 Å². The summed E-state index contributed by atoms with van der Waals surface area (Å²) in [6.07, 6.45) is 4.00. The van der Waals surface area contributed by atoms with Crippen molar-refractivity contribution < 1.29 is 4.74 Å². The molecule has 0 atom stereocenters. The number of hydrogen-bond acceptors (Lipinski definition) is 3. The largest absolute Gasteiger partial charge is 0.373 e. The van der Waals surface area contributed by atoms with Gasteiger partial charge in [0.1, 0.15) is 0 Å². The molecule has 19 heavy (non-hydrogen) atoms. The molecule has 1 saturated heterocycles. The molecule has 0 aromatic heterocycles. The molecule has 1 aliphatic carbocycles. The van der Waals surface area contributed by atoms with Crippen LogP contribution >= 0.6 is 0 Å². The van der Waals surface area contributed by atoms with E-state index in [0.717, 1.165) is 45.2 Å². The maximum Gasteiger partial charge on any atom is 0.188 e. The van der Waals surface area contributed by atoms with E-state index in [9.17, 15) is 0 Å². The molecule has 1 saturated carbocycles.